The third-order valence-electron chi connectivity index (χ3n) is 11.6. The van der Waals surface area contributed by atoms with Gasteiger partial charge in [0.25, 0.3) is 0 Å². The van der Waals surface area contributed by atoms with E-state index < -0.39 is 12.1 Å². The molecule has 0 spiro atoms. The predicted octanol–water partition coefficient (Wildman–Crippen LogP) is 20.6. The first-order valence-corrected chi connectivity index (χ1v) is 29.9. The van der Waals surface area contributed by atoms with E-state index in [0.29, 0.717) is 12.8 Å². The van der Waals surface area contributed by atoms with E-state index in [4.69, 9.17) is 14.2 Å². The molecule has 0 aliphatic heterocycles. The van der Waals surface area contributed by atoms with Gasteiger partial charge in [-0.3, -0.25) is 14.4 Å². The highest BCUT2D eigenvalue weighted by Gasteiger charge is 2.19. The second kappa shape index (κ2) is 62.8. The molecule has 0 saturated carbocycles. The van der Waals surface area contributed by atoms with Gasteiger partial charge in [-0.2, -0.15) is 0 Å². The van der Waals surface area contributed by atoms with Crippen LogP contribution >= 0.6 is 0 Å². The first-order chi connectivity index (χ1) is 38.0. The molecule has 1 atom stereocenters. The van der Waals surface area contributed by atoms with Gasteiger partial charge < -0.3 is 14.2 Å². The summed E-state index contributed by atoms with van der Waals surface area (Å²) in [4.78, 5) is 38.2. The van der Waals surface area contributed by atoms with Crippen molar-refractivity contribution in [3.8, 4) is 0 Å². The Labute approximate surface area is 471 Å². The highest BCUT2D eigenvalue weighted by atomic mass is 16.6. The van der Waals surface area contributed by atoms with Crippen molar-refractivity contribution >= 4 is 17.9 Å². The first-order valence-electron chi connectivity index (χ1n) is 29.9. The van der Waals surface area contributed by atoms with Gasteiger partial charge in [-0.25, -0.2) is 0 Å². The van der Waals surface area contributed by atoms with Gasteiger partial charge in [0.15, 0.2) is 6.10 Å². The molecule has 1 unspecified atom stereocenters. The Morgan fingerprint density at radius 2 is 0.481 bits per heavy atom. The SMILES string of the molecule is CC/C=C\C/C=C\C/C=C\C/C=C\C/C=C\C/C=C\C/C=C\CCCCCC(=O)OCC(COC(=O)CCCCCC/C=C\C/C=C\C/C=C\C/C=C\CC)OC(=O)CCC/C=C\C/C=C\C/C=C\C/C=C\C/C=C\CC. The van der Waals surface area contributed by atoms with Gasteiger partial charge in [-0.05, 0) is 154 Å². The van der Waals surface area contributed by atoms with Crippen LogP contribution < -0.4 is 0 Å². The van der Waals surface area contributed by atoms with E-state index >= 15 is 0 Å². The smallest absolute Gasteiger partial charge is 0.306 e. The zero-order chi connectivity index (χ0) is 55.7. The van der Waals surface area contributed by atoms with Crippen LogP contribution in [0.25, 0.3) is 0 Å². The Balaban J connectivity index is 4.60. The summed E-state index contributed by atoms with van der Waals surface area (Å²) in [5.74, 6) is -1.06. The van der Waals surface area contributed by atoms with Crippen LogP contribution in [0.5, 0.6) is 0 Å². The summed E-state index contributed by atoms with van der Waals surface area (Å²) < 4.78 is 16.8. The van der Waals surface area contributed by atoms with Gasteiger partial charge in [-0.1, -0.05) is 234 Å². The van der Waals surface area contributed by atoms with Gasteiger partial charge >= 0.3 is 17.9 Å². The number of hydrogen-bond acceptors (Lipinski definition) is 6. The van der Waals surface area contributed by atoms with Crippen LogP contribution in [0.15, 0.2) is 194 Å². The molecule has 0 bridgehead atoms. The fraction of sp³-hybridized carbons (Fsp3) is 0.507. The zero-order valence-electron chi connectivity index (χ0n) is 48.6. The molecular weight excluding hydrogens is 949 g/mol. The van der Waals surface area contributed by atoms with E-state index in [1.807, 2.05) is 0 Å². The van der Waals surface area contributed by atoms with E-state index in [-0.39, 0.29) is 38.0 Å². The highest BCUT2D eigenvalue weighted by molar-refractivity contribution is 5.71. The van der Waals surface area contributed by atoms with E-state index in [1.54, 1.807) is 0 Å². The Hall–Kier alpha value is -5.75. The summed E-state index contributed by atoms with van der Waals surface area (Å²) >= 11 is 0. The average molecular weight is 1060 g/mol. The van der Waals surface area contributed by atoms with Crippen molar-refractivity contribution in [2.75, 3.05) is 13.2 Å². The highest BCUT2D eigenvalue weighted by Crippen LogP contribution is 2.11. The Bertz CT molecular complexity index is 1880. The average Bonchev–Trinajstić information content (AvgIpc) is 3.43. The van der Waals surface area contributed by atoms with Crippen LogP contribution in [0.2, 0.25) is 0 Å². The quantitative estimate of drug-likeness (QED) is 0.0261. The van der Waals surface area contributed by atoms with Crippen LogP contribution in [0, 0.1) is 0 Å². The van der Waals surface area contributed by atoms with Crippen molar-refractivity contribution < 1.29 is 28.6 Å². The molecule has 0 amide bonds. The molecule has 0 saturated heterocycles. The monoisotopic (exact) mass is 1050 g/mol. The van der Waals surface area contributed by atoms with Crippen molar-refractivity contribution in [1.29, 1.82) is 0 Å². The zero-order valence-corrected chi connectivity index (χ0v) is 48.6. The number of esters is 3. The molecule has 0 fully saturated rings. The summed E-state index contributed by atoms with van der Waals surface area (Å²) in [6, 6.07) is 0. The molecule has 0 N–H and O–H groups in total. The minimum Gasteiger partial charge on any atom is -0.462 e. The number of ether oxygens (including phenoxy) is 3. The van der Waals surface area contributed by atoms with E-state index in [0.717, 1.165) is 167 Å². The van der Waals surface area contributed by atoms with Crippen molar-refractivity contribution in [3.63, 3.8) is 0 Å². The van der Waals surface area contributed by atoms with E-state index in [2.05, 4.69) is 215 Å². The number of unbranched alkanes of at least 4 members (excludes halogenated alkanes) is 8. The second-order valence-corrected chi connectivity index (χ2v) is 18.8. The molecule has 0 aliphatic rings. The molecule has 426 valence electrons. The van der Waals surface area contributed by atoms with Gasteiger partial charge in [-0.15, -0.1) is 0 Å². The maximum absolute atomic E-state index is 12.9. The molecule has 0 rings (SSSR count). The minimum absolute atomic E-state index is 0.136. The Morgan fingerprint density at radius 3 is 0.766 bits per heavy atom. The second-order valence-electron chi connectivity index (χ2n) is 18.8. The van der Waals surface area contributed by atoms with Crippen molar-refractivity contribution in [3.05, 3.63) is 194 Å². The van der Waals surface area contributed by atoms with Gasteiger partial charge in [0.05, 0.1) is 0 Å². The fourth-order valence-electron chi connectivity index (χ4n) is 7.21. The molecular formula is C71H106O6. The molecule has 6 heteroatoms. The van der Waals surface area contributed by atoms with Crippen LogP contribution in [0.1, 0.15) is 213 Å². The lowest BCUT2D eigenvalue weighted by atomic mass is 10.1. The largest absolute Gasteiger partial charge is 0.462 e. The van der Waals surface area contributed by atoms with Crippen LogP contribution in [0.3, 0.4) is 0 Å². The fourth-order valence-corrected chi connectivity index (χ4v) is 7.21. The number of carbonyl (C=O) groups excluding carboxylic acids is 3. The number of carbonyl (C=O) groups is 3. The molecule has 6 nitrogen and oxygen atoms in total. The summed E-state index contributed by atoms with van der Waals surface area (Å²) in [6.07, 6.45) is 95.7. The summed E-state index contributed by atoms with van der Waals surface area (Å²) in [5, 5.41) is 0. The van der Waals surface area contributed by atoms with Gasteiger partial charge in [0, 0.05) is 19.3 Å². The van der Waals surface area contributed by atoms with Crippen molar-refractivity contribution in [2.24, 2.45) is 0 Å². The lowest BCUT2D eigenvalue weighted by Gasteiger charge is -2.18. The lowest BCUT2D eigenvalue weighted by Crippen LogP contribution is -2.30. The molecule has 0 heterocycles. The van der Waals surface area contributed by atoms with Crippen molar-refractivity contribution in [1.82, 2.24) is 0 Å². The molecule has 0 aliphatic carbocycles. The molecule has 0 aromatic rings. The number of hydrogen-bond donors (Lipinski definition) is 0. The molecule has 77 heavy (non-hydrogen) atoms. The van der Waals surface area contributed by atoms with Crippen molar-refractivity contribution in [2.45, 2.75) is 219 Å². The maximum atomic E-state index is 12.9. The first kappa shape index (κ1) is 71.2. The normalized spacial score (nSPS) is 13.5. The van der Waals surface area contributed by atoms with Crippen LogP contribution in [-0.4, -0.2) is 37.2 Å². The number of allylic oxidation sites excluding steroid dienone is 32. The Morgan fingerprint density at radius 1 is 0.260 bits per heavy atom. The van der Waals surface area contributed by atoms with Crippen LogP contribution in [-0.2, 0) is 28.6 Å². The van der Waals surface area contributed by atoms with E-state index in [1.165, 1.54) is 0 Å². The minimum atomic E-state index is -0.846. The third kappa shape index (κ3) is 61.0. The number of rotatable bonds is 51. The standard InChI is InChI=1S/C71H106O6/c1-4-7-10-13-16-19-22-25-28-31-32-33-34-35-36-37-38-41-43-46-49-52-55-58-61-64-70(73)76-67-68(77-71(74)65-62-59-56-53-50-47-44-40-30-27-24-21-18-15-12-9-6-3)66-75-69(72)63-60-57-54-51-48-45-42-39-29-26-23-20-17-14-11-8-5-2/h7-12,16-21,25-30,32-33,35-36,38,41-42,44-47,49,53,56,68H,4-6,13-15,22-24,31,34,37,39-40,43,48,50-52,54-55,57-67H2,1-3H3/b10-7-,11-8-,12-9-,19-16-,20-17-,21-18-,28-25-,29-26-,30-27-,33-32-,36-35-,41-38-,45-42-,47-44-,49-46-,56-53-. The van der Waals surface area contributed by atoms with Gasteiger partial charge in [0.2, 0.25) is 0 Å². The summed E-state index contributed by atoms with van der Waals surface area (Å²) in [7, 11) is 0. The predicted molar refractivity (Wildman–Crippen MR) is 334 cm³/mol. The maximum Gasteiger partial charge on any atom is 0.306 e. The topological polar surface area (TPSA) is 78.9 Å². The summed E-state index contributed by atoms with van der Waals surface area (Å²) in [6.45, 7) is 6.18. The molecule has 0 radical (unpaired) electrons. The summed E-state index contributed by atoms with van der Waals surface area (Å²) in [5.41, 5.74) is 0. The third-order valence-corrected chi connectivity index (χ3v) is 11.6. The lowest BCUT2D eigenvalue weighted by molar-refractivity contribution is -0.167. The Kier molecular flexibility index (Phi) is 58.1. The molecule has 0 aromatic heterocycles. The molecule has 0 aromatic carbocycles. The van der Waals surface area contributed by atoms with Crippen LogP contribution in [0.4, 0.5) is 0 Å². The van der Waals surface area contributed by atoms with E-state index in [9.17, 15) is 14.4 Å². The van der Waals surface area contributed by atoms with Gasteiger partial charge in [0.1, 0.15) is 13.2 Å².